The van der Waals surface area contributed by atoms with E-state index in [1.165, 1.54) is 13.2 Å². The van der Waals surface area contributed by atoms with E-state index >= 15 is 0 Å². The third-order valence-electron chi connectivity index (χ3n) is 2.66. The number of methoxy groups -OCH3 is 1. The molecule has 5 heteroatoms. The van der Waals surface area contributed by atoms with Crippen LogP contribution in [0.25, 0.3) is 0 Å². The van der Waals surface area contributed by atoms with E-state index in [2.05, 4.69) is 0 Å². The number of aliphatic hydroxyl groups excluding tert-OH is 1. The predicted molar refractivity (Wildman–Crippen MR) is 68.8 cm³/mol. The number of aliphatic hydroxyl groups is 1. The smallest absolute Gasteiger partial charge is 0.310 e. The van der Waals surface area contributed by atoms with Crippen molar-refractivity contribution in [3.05, 3.63) is 33.9 Å². The highest BCUT2D eigenvalue weighted by Gasteiger charge is 2.16. The van der Waals surface area contributed by atoms with Gasteiger partial charge in [-0.15, -0.1) is 0 Å². The molecule has 18 heavy (non-hydrogen) atoms. The van der Waals surface area contributed by atoms with E-state index in [1.807, 2.05) is 13.8 Å². The summed E-state index contributed by atoms with van der Waals surface area (Å²) in [7, 11) is 1.40. The highest BCUT2D eigenvalue weighted by Crippen LogP contribution is 2.28. The minimum absolute atomic E-state index is 0.0559. The van der Waals surface area contributed by atoms with Gasteiger partial charge in [0.15, 0.2) is 5.75 Å². The van der Waals surface area contributed by atoms with Crippen molar-refractivity contribution in [3.8, 4) is 5.75 Å². The van der Waals surface area contributed by atoms with Crippen molar-refractivity contribution in [2.75, 3.05) is 7.11 Å². The average molecular weight is 253 g/mol. The predicted octanol–water partition coefficient (Wildman–Crippen LogP) is 2.55. The molecule has 100 valence electrons. The number of ether oxygens (including phenoxy) is 1. The Hall–Kier alpha value is -1.62. The number of hydrogen-bond donors (Lipinski definition) is 1. The van der Waals surface area contributed by atoms with Crippen LogP contribution in [0.1, 0.15) is 25.8 Å². The highest BCUT2D eigenvalue weighted by molar-refractivity contribution is 5.48. The molecule has 0 aliphatic carbocycles. The van der Waals surface area contributed by atoms with Crippen LogP contribution in [-0.4, -0.2) is 23.2 Å². The first-order chi connectivity index (χ1) is 8.43. The number of nitro groups is 1. The molecular weight excluding hydrogens is 234 g/mol. The van der Waals surface area contributed by atoms with Crippen molar-refractivity contribution >= 4 is 5.69 Å². The van der Waals surface area contributed by atoms with Gasteiger partial charge in [0, 0.05) is 6.07 Å². The van der Waals surface area contributed by atoms with Gasteiger partial charge in [0.05, 0.1) is 18.1 Å². The fourth-order valence-corrected chi connectivity index (χ4v) is 1.90. The minimum Gasteiger partial charge on any atom is -0.490 e. The number of benzene rings is 1. The molecule has 0 aliphatic rings. The average Bonchev–Trinajstić information content (AvgIpc) is 2.27. The van der Waals surface area contributed by atoms with Crippen LogP contribution in [0.2, 0.25) is 0 Å². The zero-order valence-corrected chi connectivity index (χ0v) is 10.9. The molecule has 0 saturated heterocycles. The molecule has 0 bridgehead atoms. The zero-order chi connectivity index (χ0) is 13.7. The molecule has 1 N–H and O–H groups in total. The van der Waals surface area contributed by atoms with Crippen LogP contribution in [-0.2, 0) is 6.42 Å². The Balaban J connectivity index is 2.82. The van der Waals surface area contributed by atoms with Gasteiger partial charge >= 0.3 is 5.69 Å². The van der Waals surface area contributed by atoms with Crippen LogP contribution in [0.4, 0.5) is 5.69 Å². The molecule has 1 unspecified atom stereocenters. The van der Waals surface area contributed by atoms with Crippen molar-refractivity contribution in [2.24, 2.45) is 5.92 Å². The Kier molecular flexibility index (Phi) is 5.09. The second-order valence-electron chi connectivity index (χ2n) is 4.75. The third kappa shape index (κ3) is 4.00. The summed E-state index contributed by atoms with van der Waals surface area (Å²) in [5.41, 5.74) is 0.783. The molecule has 0 radical (unpaired) electrons. The summed E-state index contributed by atoms with van der Waals surface area (Å²) in [5, 5.41) is 20.6. The molecule has 0 fully saturated rings. The van der Waals surface area contributed by atoms with E-state index in [0.29, 0.717) is 18.8 Å². The standard InChI is InChI=1S/C13H19NO4/c1-9(2)6-11(15)7-10-4-5-12(14(16)17)13(8-10)18-3/h4-5,8-9,11,15H,6-7H2,1-3H3. The molecule has 1 atom stereocenters. The lowest BCUT2D eigenvalue weighted by molar-refractivity contribution is -0.385. The summed E-state index contributed by atoms with van der Waals surface area (Å²) in [6.07, 6.45) is 0.752. The highest BCUT2D eigenvalue weighted by atomic mass is 16.6. The molecule has 5 nitrogen and oxygen atoms in total. The monoisotopic (exact) mass is 253 g/mol. The van der Waals surface area contributed by atoms with Crippen LogP contribution in [0.15, 0.2) is 18.2 Å². The fourth-order valence-electron chi connectivity index (χ4n) is 1.90. The second-order valence-corrected chi connectivity index (χ2v) is 4.75. The van der Waals surface area contributed by atoms with Crippen LogP contribution in [0.5, 0.6) is 5.75 Å². The number of hydrogen-bond acceptors (Lipinski definition) is 4. The van der Waals surface area contributed by atoms with Crippen molar-refractivity contribution in [2.45, 2.75) is 32.8 Å². The van der Waals surface area contributed by atoms with Gasteiger partial charge in [-0.1, -0.05) is 19.9 Å². The summed E-state index contributed by atoms with van der Waals surface area (Å²) in [6.45, 7) is 4.08. The first-order valence-electron chi connectivity index (χ1n) is 5.93. The van der Waals surface area contributed by atoms with Gasteiger partial charge in [-0.25, -0.2) is 0 Å². The molecule has 1 aromatic carbocycles. The van der Waals surface area contributed by atoms with Crippen molar-refractivity contribution < 1.29 is 14.8 Å². The Bertz CT molecular complexity index is 417. The van der Waals surface area contributed by atoms with Gasteiger partial charge in [0.2, 0.25) is 0 Å². The largest absolute Gasteiger partial charge is 0.490 e. The third-order valence-corrected chi connectivity index (χ3v) is 2.66. The lowest BCUT2D eigenvalue weighted by Crippen LogP contribution is -2.13. The van der Waals surface area contributed by atoms with Gasteiger partial charge < -0.3 is 9.84 Å². The molecular formula is C13H19NO4. The summed E-state index contributed by atoms with van der Waals surface area (Å²) < 4.78 is 4.99. The van der Waals surface area contributed by atoms with Crippen LogP contribution >= 0.6 is 0 Å². The van der Waals surface area contributed by atoms with Crippen molar-refractivity contribution in [1.29, 1.82) is 0 Å². The molecule has 0 amide bonds. The minimum atomic E-state index is -0.479. The first-order valence-corrected chi connectivity index (χ1v) is 5.93. The van der Waals surface area contributed by atoms with Crippen molar-refractivity contribution in [1.82, 2.24) is 0 Å². The van der Waals surface area contributed by atoms with Gasteiger partial charge in [0.25, 0.3) is 0 Å². The second kappa shape index (κ2) is 6.35. The topological polar surface area (TPSA) is 72.6 Å². The summed E-state index contributed by atoms with van der Waals surface area (Å²) >= 11 is 0. The molecule has 0 spiro atoms. The quantitative estimate of drug-likeness (QED) is 0.624. The van der Waals surface area contributed by atoms with Crippen LogP contribution < -0.4 is 4.74 Å². The molecule has 0 aromatic heterocycles. The van der Waals surface area contributed by atoms with Crippen LogP contribution in [0, 0.1) is 16.0 Å². The van der Waals surface area contributed by atoms with E-state index in [9.17, 15) is 15.2 Å². The molecule has 1 aromatic rings. The maximum atomic E-state index is 10.7. The Morgan fingerprint density at radius 1 is 1.44 bits per heavy atom. The zero-order valence-electron chi connectivity index (χ0n) is 10.9. The molecule has 1 rings (SSSR count). The normalized spacial score (nSPS) is 12.5. The first kappa shape index (κ1) is 14.4. The summed E-state index contributed by atoms with van der Waals surface area (Å²) in [4.78, 5) is 10.3. The Morgan fingerprint density at radius 3 is 2.61 bits per heavy atom. The molecule has 0 heterocycles. The SMILES string of the molecule is COc1cc(CC(O)CC(C)C)ccc1[N+](=O)[O-]. The van der Waals surface area contributed by atoms with E-state index in [4.69, 9.17) is 4.74 Å². The lowest BCUT2D eigenvalue weighted by atomic mass is 9.99. The number of nitrogens with zero attached hydrogens (tertiary/aromatic N) is 1. The summed E-state index contributed by atoms with van der Waals surface area (Å²) in [5.74, 6) is 0.647. The van der Waals surface area contributed by atoms with Gasteiger partial charge in [-0.2, -0.15) is 0 Å². The van der Waals surface area contributed by atoms with Crippen LogP contribution in [0.3, 0.4) is 0 Å². The van der Waals surface area contributed by atoms with E-state index in [-0.39, 0.29) is 11.4 Å². The van der Waals surface area contributed by atoms with E-state index in [0.717, 1.165) is 5.56 Å². The molecule has 0 aliphatic heterocycles. The Labute approximate surface area is 107 Å². The van der Waals surface area contributed by atoms with E-state index in [1.54, 1.807) is 12.1 Å². The lowest BCUT2D eigenvalue weighted by Gasteiger charge is -2.13. The van der Waals surface area contributed by atoms with Gasteiger partial charge in [0.1, 0.15) is 0 Å². The van der Waals surface area contributed by atoms with E-state index < -0.39 is 11.0 Å². The Morgan fingerprint density at radius 2 is 2.11 bits per heavy atom. The van der Waals surface area contributed by atoms with Gasteiger partial charge in [-0.05, 0) is 30.4 Å². The van der Waals surface area contributed by atoms with Crippen molar-refractivity contribution in [3.63, 3.8) is 0 Å². The van der Waals surface area contributed by atoms with Gasteiger partial charge in [-0.3, -0.25) is 10.1 Å². The fraction of sp³-hybridized carbons (Fsp3) is 0.538. The maximum absolute atomic E-state index is 10.7. The number of nitro benzene ring substituents is 1. The molecule has 0 saturated carbocycles. The maximum Gasteiger partial charge on any atom is 0.310 e. The summed E-state index contributed by atoms with van der Waals surface area (Å²) in [6, 6.07) is 4.68. The number of rotatable bonds is 6.